The van der Waals surface area contributed by atoms with E-state index < -0.39 is 5.92 Å². The molecule has 2 N–H and O–H groups in total. The molecule has 1 unspecified atom stereocenters. The standard InChI is InChI=1S/C22H28N4O3S2/c1-13-12-30-19(24-13)11-23-21(29)15-9-16-20(17(27)10-15)31-22(25-16)26-18(28)8-7-14-5-3-2-4-6-14/h12,14-15H,2-11H2,1H3,(H,23,29)(H,25,26,28). The van der Waals surface area contributed by atoms with Gasteiger partial charge in [0.15, 0.2) is 10.9 Å². The minimum absolute atomic E-state index is 0.0443. The second-order valence-corrected chi connectivity index (χ2v) is 10.5. The van der Waals surface area contributed by atoms with Crippen molar-refractivity contribution in [3.8, 4) is 0 Å². The van der Waals surface area contributed by atoms with Crippen LogP contribution in [0, 0.1) is 18.8 Å². The van der Waals surface area contributed by atoms with Gasteiger partial charge in [0.05, 0.1) is 23.0 Å². The summed E-state index contributed by atoms with van der Waals surface area (Å²) in [5, 5.41) is 9.00. The summed E-state index contributed by atoms with van der Waals surface area (Å²) in [7, 11) is 0. The first-order valence-corrected chi connectivity index (χ1v) is 12.7. The van der Waals surface area contributed by atoms with Crippen LogP contribution in [0.15, 0.2) is 5.38 Å². The summed E-state index contributed by atoms with van der Waals surface area (Å²) in [6.45, 7) is 2.28. The minimum atomic E-state index is -0.432. The Balaban J connectivity index is 1.30. The molecule has 7 nitrogen and oxygen atoms in total. The highest BCUT2D eigenvalue weighted by Crippen LogP contribution is 2.33. The number of thiazole rings is 2. The lowest BCUT2D eigenvalue weighted by atomic mass is 9.86. The van der Waals surface area contributed by atoms with Gasteiger partial charge in [0.25, 0.3) is 0 Å². The van der Waals surface area contributed by atoms with Crippen LogP contribution >= 0.6 is 22.7 Å². The number of nitrogens with one attached hydrogen (secondary N) is 2. The van der Waals surface area contributed by atoms with Gasteiger partial charge in [0.2, 0.25) is 11.8 Å². The van der Waals surface area contributed by atoms with Crippen LogP contribution in [-0.4, -0.2) is 27.6 Å². The average molecular weight is 461 g/mol. The molecule has 2 amide bonds. The highest BCUT2D eigenvalue weighted by molar-refractivity contribution is 7.17. The number of aromatic nitrogens is 2. The van der Waals surface area contributed by atoms with Gasteiger partial charge < -0.3 is 10.6 Å². The third kappa shape index (κ3) is 5.77. The zero-order valence-electron chi connectivity index (χ0n) is 17.7. The van der Waals surface area contributed by atoms with Crippen molar-refractivity contribution in [2.45, 2.75) is 71.3 Å². The highest BCUT2D eigenvalue weighted by atomic mass is 32.1. The van der Waals surface area contributed by atoms with Gasteiger partial charge in [-0.25, -0.2) is 9.97 Å². The fourth-order valence-corrected chi connectivity index (χ4v) is 6.02. The first-order valence-electron chi connectivity index (χ1n) is 11.0. The Bertz CT molecular complexity index is 962. The van der Waals surface area contributed by atoms with Gasteiger partial charge in [0, 0.05) is 30.3 Å². The van der Waals surface area contributed by atoms with Gasteiger partial charge in [-0.3, -0.25) is 14.4 Å². The summed E-state index contributed by atoms with van der Waals surface area (Å²) in [6, 6.07) is 0. The molecule has 0 spiro atoms. The fraction of sp³-hybridized carbons (Fsp3) is 0.591. The van der Waals surface area contributed by atoms with E-state index in [1.807, 2.05) is 12.3 Å². The molecule has 2 aromatic rings. The number of rotatable bonds is 7. The Hall–Kier alpha value is -2.13. The summed E-state index contributed by atoms with van der Waals surface area (Å²) >= 11 is 2.73. The van der Waals surface area contributed by atoms with E-state index in [-0.39, 0.29) is 24.0 Å². The van der Waals surface area contributed by atoms with Gasteiger partial charge >= 0.3 is 0 Å². The Morgan fingerprint density at radius 2 is 1.97 bits per heavy atom. The first kappa shape index (κ1) is 22.1. The van der Waals surface area contributed by atoms with E-state index in [2.05, 4.69) is 20.6 Å². The Kier molecular flexibility index (Phi) is 7.12. The summed E-state index contributed by atoms with van der Waals surface area (Å²) in [5.74, 6) is -0.0575. The number of fused-ring (bicyclic) bond motifs is 1. The topological polar surface area (TPSA) is 101 Å². The molecular weight excluding hydrogens is 432 g/mol. The molecule has 2 heterocycles. The zero-order valence-corrected chi connectivity index (χ0v) is 19.4. The lowest BCUT2D eigenvalue weighted by molar-refractivity contribution is -0.125. The van der Waals surface area contributed by atoms with Crippen molar-refractivity contribution in [1.29, 1.82) is 0 Å². The molecule has 0 radical (unpaired) electrons. The maximum atomic E-state index is 12.6. The molecule has 1 atom stereocenters. The van der Waals surface area contributed by atoms with Gasteiger partial charge in [0.1, 0.15) is 5.01 Å². The van der Waals surface area contributed by atoms with Gasteiger partial charge in [-0.15, -0.1) is 11.3 Å². The number of Topliss-reactive ketones (excluding diaryl/α,β-unsaturated/α-hetero) is 1. The van der Waals surface area contributed by atoms with Crippen molar-refractivity contribution in [3.63, 3.8) is 0 Å². The number of hydrogen-bond donors (Lipinski definition) is 2. The van der Waals surface area contributed by atoms with Crippen molar-refractivity contribution in [3.05, 3.63) is 26.7 Å². The average Bonchev–Trinajstić information content (AvgIpc) is 3.37. The molecule has 166 valence electrons. The summed E-state index contributed by atoms with van der Waals surface area (Å²) < 4.78 is 0. The predicted octanol–water partition coefficient (Wildman–Crippen LogP) is 4.27. The van der Waals surface area contributed by atoms with E-state index in [1.54, 1.807) is 0 Å². The molecule has 0 bridgehead atoms. The van der Waals surface area contributed by atoms with E-state index in [9.17, 15) is 14.4 Å². The molecular formula is C22H28N4O3S2. The second kappa shape index (κ2) is 9.99. The summed E-state index contributed by atoms with van der Waals surface area (Å²) in [4.78, 5) is 46.9. The third-order valence-corrected chi connectivity index (χ3v) is 8.04. The molecule has 2 aliphatic carbocycles. The molecule has 0 aromatic carbocycles. The number of nitrogens with zero attached hydrogens (tertiary/aromatic N) is 2. The number of aryl methyl sites for hydroxylation is 1. The number of carbonyl (C=O) groups excluding carboxylic acids is 3. The fourth-order valence-electron chi connectivity index (χ4n) is 4.35. The van der Waals surface area contributed by atoms with E-state index in [0.717, 1.165) is 17.1 Å². The van der Waals surface area contributed by atoms with Crippen molar-refractivity contribution in [1.82, 2.24) is 15.3 Å². The molecule has 0 aliphatic heterocycles. The van der Waals surface area contributed by atoms with E-state index >= 15 is 0 Å². The maximum Gasteiger partial charge on any atom is 0.226 e. The molecule has 0 saturated heterocycles. The van der Waals surface area contributed by atoms with E-state index in [0.29, 0.717) is 41.0 Å². The Morgan fingerprint density at radius 1 is 1.16 bits per heavy atom. The van der Waals surface area contributed by atoms with Crippen LogP contribution in [0.25, 0.3) is 0 Å². The Morgan fingerprint density at radius 3 is 2.71 bits per heavy atom. The summed E-state index contributed by atoms with van der Waals surface area (Å²) in [5.41, 5.74) is 1.55. The number of amides is 2. The lowest BCUT2D eigenvalue weighted by Gasteiger charge is -2.20. The monoisotopic (exact) mass is 460 g/mol. The smallest absolute Gasteiger partial charge is 0.226 e. The SMILES string of the molecule is Cc1csc(CNC(=O)C2CC(=O)c3sc(NC(=O)CCC4CCCCC4)nc3C2)n1. The molecule has 1 saturated carbocycles. The van der Waals surface area contributed by atoms with Gasteiger partial charge in [-0.05, 0) is 19.3 Å². The predicted molar refractivity (Wildman–Crippen MR) is 121 cm³/mol. The largest absolute Gasteiger partial charge is 0.349 e. The summed E-state index contributed by atoms with van der Waals surface area (Å²) in [6.07, 6.45) is 8.28. The number of hydrogen-bond acceptors (Lipinski definition) is 7. The molecule has 2 aromatic heterocycles. The molecule has 31 heavy (non-hydrogen) atoms. The van der Waals surface area contributed by atoms with Crippen molar-refractivity contribution in [2.24, 2.45) is 11.8 Å². The second-order valence-electron chi connectivity index (χ2n) is 8.51. The lowest BCUT2D eigenvalue weighted by Crippen LogP contribution is -2.35. The number of carbonyl (C=O) groups is 3. The molecule has 1 fully saturated rings. The Labute approximate surface area is 190 Å². The molecule has 2 aliphatic rings. The van der Waals surface area contributed by atoms with Crippen molar-refractivity contribution < 1.29 is 14.4 Å². The quantitative estimate of drug-likeness (QED) is 0.643. The first-order chi connectivity index (χ1) is 15.0. The zero-order chi connectivity index (χ0) is 21.8. The van der Waals surface area contributed by atoms with E-state index in [1.165, 1.54) is 54.8 Å². The van der Waals surface area contributed by atoms with E-state index in [4.69, 9.17) is 0 Å². The van der Waals surface area contributed by atoms with Crippen LogP contribution in [0.4, 0.5) is 5.13 Å². The molecule has 9 heteroatoms. The normalized spacial score (nSPS) is 19.1. The maximum absolute atomic E-state index is 12.6. The van der Waals surface area contributed by atoms with Crippen LogP contribution in [-0.2, 0) is 22.6 Å². The third-order valence-electron chi connectivity index (χ3n) is 6.02. The highest BCUT2D eigenvalue weighted by Gasteiger charge is 2.33. The number of anilines is 1. The van der Waals surface area contributed by atoms with Crippen LogP contribution < -0.4 is 10.6 Å². The van der Waals surface area contributed by atoms with Crippen LogP contribution in [0.5, 0.6) is 0 Å². The van der Waals surface area contributed by atoms with Crippen molar-refractivity contribution in [2.75, 3.05) is 5.32 Å². The van der Waals surface area contributed by atoms with Crippen molar-refractivity contribution >= 4 is 45.4 Å². The van der Waals surface area contributed by atoms with Crippen LogP contribution in [0.1, 0.15) is 77.4 Å². The minimum Gasteiger partial charge on any atom is -0.349 e. The van der Waals surface area contributed by atoms with Crippen LogP contribution in [0.2, 0.25) is 0 Å². The van der Waals surface area contributed by atoms with Gasteiger partial charge in [-0.1, -0.05) is 43.4 Å². The number of ketones is 1. The van der Waals surface area contributed by atoms with Crippen LogP contribution in [0.3, 0.4) is 0 Å². The van der Waals surface area contributed by atoms with Gasteiger partial charge in [-0.2, -0.15) is 0 Å². The molecule has 4 rings (SSSR count).